The summed E-state index contributed by atoms with van der Waals surface area (Å²) in [7, 11) is 2.00. The van der Waals surface area contributed by atoms with Gasteiger partial charge in [-0.15, -0.1) is 10.2 Å². The molecule has 1 fully saturated rings. The third kappa shape index (κ3) is 3.80. The molecule has 24 heavy (non-hydrogen) atoms. The Morgan fingerprint density at radius 1 is 1.25 bits per heavy atom. The average Bonchev–Trinajstić information content (AvgIpc) is 3.19. The number of rotatable bonds is 5. The van der Waals surface area contributed by atoms with Gasteiger partial charge >= 0.3 is 0 Å². The van der Waals surface area contributed by atoms with E-state index in [1.165, 1.54) is 48.6 Å². The molecule has 128 valence electrons. The second kappa shape index (κ2) is 7.38. The Morgan fingerprint density at radius 3 is 2.71 bits per heavy atom. The number of thioether (sulfide) groups is 1. The number of nitrogens with one attached hydrogen (secondary N) is 1. The maximum absolute atomic E-state index is 12.2. The van der Waals surface area contributed by atoms with Crippen LogP contribution in [0.4, 0.5) is 5.69 Å². The van der Waals surface area contributed by atoms with E-state index in [0.717, 1.165) is 16.7 Å². The fraction of sp³-hybridized carbons (Fsp3) is 0.500. The first-order valence-corrected chi connectivity index (χ1v) is 9.42. The van der Waals surface area contributed by atoms with Gasteiger partial charge in [0.1, 0.15) is 5.82 Å². The van der Waals surface area contributed by atoms with Gasteiger partial charge in [-0.05, 0) is 49.9 Å². The van der Waals surface area contributed by atoms with Gasteiger partial charge in [-0.1, -0.05) is 30.7 Å². The first kappa shape index (κ1) is 17.0. The summed E-state index contributed by atoms with van der Waals surface area (Å²) in [4.78, 5) is 12.2. The average molecular weight is 344 g/mol. The fourth-order valence-electron chi connectivity index (χ4n) is 3.14. The van der Waals surface area contributed by atoms with Gasteiger partial charge in [0.05, 0.1) is 5.75 Å². The van der Waals surface area contributed by atoms with Crippen molar-refractivity contribution in [3.05, 3.63) is 35.2 Å². The Hall–Kier alpha value is -1.82. The van der Waals surface area contributed by atoms with E-state index in [0.29, 0.717) is 11.7 Å². The molecule has 0 aliphatic heterocycles. The Kier molecular flexibility index (Phi) is 5.23. The Morgan fingerprint density at radius 2 is 2.00 bits per heavy atom. The molecular weight excluding hydrogens is 320 g/mol. The largest absolute Gasteiger partial charge is 0.325 e. The summed E-state index contributed by atoms with van der Waals surface area (Å²) < 4.78 is 2.05. The van der Waals surface area contributed by atoms with Crippen molar-refractivity contribution in [1.82, 2.24) is 14.8 Å². The number of carbonyl (C=O) groups is 1. The van der Waals surface area contributed by atoms with Crippen LogP contribution in [-0.2, 0) is 11.8 Å². The molecule has 0 saturated heterocycles. The second-order valence-corrected chi connectivity index (χ2v) is 7.46. The molecule has 0 radical (unpaired) electrons. The second-order valence-electron chi connectivity index (χ2n) is 6.52. The summed E-state index contributed by atoms with van der Waals surface area (Å²) in [5.74, 6) is 1.91. The number of amides is 1. The minimum atomic E-state index is -0.0198. The predicted octanol–water partition coefficient (Wildman–Crippen LogP) is 3.82. The minimum absolute atomic E-state index is 0.0198. The van der Waals surface area contributed by atoms with Gasteiger partial charge in [0.15, 0.2) is 5.16 Å². The summed E-state index contributed by atoms with van der Waals surface area (Å²) >= 11 is 1.44. The molecule has 2 aromatic rings. The molecule has 1 aromatic carbocycles. The van der Waals surface area contributed by atoms with Crippen LogP contribution in [0.5, 0.6) is 0 Å². The van der Waals surface area contributed by atoms with Crippen LogP contribution in [0.2, 0.25) is 0 Å². The van der Waals surface area contributed by atoms with Gasteiger partial charge in [0.2, 0.25) is 5.91 Å². The normalized spacial score (nSPS) is 15.0. The molecule has 1 amide bonds. The van der Waals surface area contributed by atoms with Gasteiger partial charge in [-0.2, -0.15) is 0 Å². The standard InChI is InChI=1S/C18H24N4OS/c1-12-8-9-15(10-13(12)2)19-16(23)11-24-18-21-20-17(22(18)3)14-6-4-5-7-14/h8-10,14H,4-7,11H2,1-3H3,(H,19,23). The summed E-state index contributed by atoms with van der Waals surface area (Å²) in [5, 5.41) is 12.4. The van der Waals surface area contributed by atoms with E-state index in [-0.39, 0.29) is 5.91 Å². The van der Waals surface area contributed by atoms with Crippen LogP contribution in [0, 0.1) is 13.8 Å². The van der Waals surface area contributed by atoms with Crippen LogP contribution in [-0.4, -0.2) is 26.4 Å². The summed E-state index contributed by atoms with van der Waals surface area (Å²) in [5.41, 5.74) is 3.24. The Balaban J connectivity index is 1.57. The molecule has 1 heterocycles. The lowest BCUT2D eigenvalue weighted by Gasteiger charge is -2.09. The van der Waals surface area contributed by atoms with Crippen molar-refractivity contribution in [3.8, 4) is 0 Å². The van der Waals surface area contributed by atoms with Gasteiger partial charge in [-0.3, -0.25) is 4.79 Å². The maximum atomic E-state index is 12.2. The number of carbonyl (C=O) groups excluding carboxylic acids is 1. The van der Waals surface area contributed by atoms with E-state index in [4.69, 9.17) is 0 Å². The molecule has 1 N–H and O–H groups in total. The lowest BCUT2D eigenvalue weighted by Crippen LogP contribution is -2.14. The molecule has 5 nitrogen and oxygen atoms in total. The van der Waals surface area contributed by atoms with E-state index in [1.807, 2.05) is 36.7 Å². The highest BCUT2D eigenvalue weighted by molar-refractivity contribution is 7.99. The van der Waals surface area contributed by atoms with Crippen LogP contribution in [0.3, 0.4) is 0 Å². The third-order valence-corrected chi connectivity index (χ3v) is 5.73. The molecular formula is C18H24N4OS. The highest BCUT2D eigenvalue weighted by Gasteiger charge is 2.23. The van der Waals surface area contributed by atoms with Gasteiger partial charge in [-0.25, -0.2) is 0 Å². The summed E-state index contributed by atoms with van der Waals surface area (Å²) in [6.45, 7) is 4.11. The minimum Gasteiger partial charge on any atom is -0.325 e. The van der Waals surface area contributed by atoms with Gasteiger partial charge in [0.25, 0.3) is 0 Å². The van der Waals surface area contributed by atoms with Crippen molar-refractivity contribution < 1.29 is 4.79 Å². The van der Waals surface area contributed by atoms with Crippen molar-refractivity contribution in [2.24, 2.45) is 7.05 Å². The molecule has 0 atom stereocenters. The fourth-order valence-corrected chi connectivity index (χ4v) is 3.86. The number of anilines is 1. The molecule has 1 aromatic heterocycles. The zero-order chi connectivity index (χ0) is 17.1. The van der Waals surface area contributed by atoms with Crippen LogP contribution in [0.1, 0.15) is 48.6 Å². The number of aromatic nitrogens is 3. The quantitative estimate of drug-likeness (QED) is 0.838. The molecule has 6 heteroatoms. The zero-order valence-corrected chi connectivity index (χ0v) is 15.3. The van der Waals surface area contributed by atoms with Crippen molar-refractivity contribution in [3.63, 3.8) is 0 Å². The summed E-state index contributed by atoms with van der Waals surface area (Å²) in [6.07, 6.45) is 4.95. The predicted molar refractivity (Wildman–Crippen MR) is 97.5 cm³/mol. The van der Waals surface area contributed by atoms with Gasteiger partial charge < -0.3 is 9.88 Å². The van der Waals surface area contributed by atoms with E-state index >= 15 is 0 Å². The number of aryl methyl sites for hydroxylation is 2. The number of benzene rings is 1. The maximum Gasteiger partial charge on any atom is 0.234 e. The zero-order valence-electron chi connectivity index (χ0n) is 14.5. The Labute approximate surface area is 147 Å². The number of nitrogens with zero attached hydrogens (tertiary/aromatic N) is 3. The highest BCUT2D eigenvalue weighted by Crippen LogP contribution is 2.33. The molecule has 1 aliphatic rings. The first-order chi connectivity index (χ1) is 11.5. The molecule has 0 spiro atoms. The lowest BCUT2D eigenvalue weighted by molar-refractivity contribution is -0.113. The van der Waals surface area contributed by atoms with Gasteiger partial charge in [0, 0.05) is 18.7 Å². The third-order valence-electron chi connectivity index (χ3n) is 4.71. The van der Waals surface area contributed by atoms with Crippen LogP contribution >= 0.6 is 11.8 Å². The van der Waals surface area contributed by atoms with Crippen LogP contribution in [0.15, 0.2) is 23.4 Å². The first-order valence-electron chi connectivity index (χ1n) is 8.44. The monoisotopic (exact) mass is 344 g/mol. The number of hydrogen-bond donors (Lipinski definition) is 1. The SMILES string of the molecule is Cc1ccc(NC(=O)CSc2nnc(C3CCCC3)n2C)cc1C. The molecule has 1 aliphatic carbocycles. The summed E-state index contributed by atoms with van der Waals surface area (Å²) in [6, 6.07) is 5.96. The highest BCUT2D eigenvalue weighted by atomic mass is 32.2. The topological polar surface area (TPSA) is 59.8 Å². The molecule has 0 bridgehead atoms. The molecule has 0 unspecified atom stereocenters. The van der Waals surface area contributed by atoms with Crippen LogP contribution in [0.25, 0.3) is 0 Å². The number of hydrogen-bond acceptors (Lipinski definition) is 4. The van der Waals surface area contributed by atoms with Crippen molar-refractivity contribution >= 4 is 23.4 Å². The van der Waals surface area contributed by atoms with E-state index in [9.17, 15) is 4.79 Å². The molecule has 3 rings (SSSR count). The van der Waals surface area contributed by atoms with Crippen molar-refractivity contribution in [2.45, 2.75) is 50.6 Å². The smallest absolute Gasteiger partial charge is 0.234 e. The molecule has 1 saturated carbocycles. The van der Waals surface area contributed by atoms with E-state index in [1.54, 1.807) is 0 Å². The van der Waals surface area contributed by atoms with E-state index < -0.39 is 0 Å². The lowest BCUT2D eigenvalue weighted by atomic mass is 10.1. The van der Waals surface area contributed by atoms with Crippen molar-refractivity contribution in [2.75, 3.05) is 11.1 Å². The van der Waals surface area contributed by atoms with E-state index in [2.05, 4.69) is 22.4 Å². The van der Waals surface area contributed by atoms with Crippen molar-refractivity contribution in [1.29, 1.82) is 0 Å². The van der Waals surface area contributed by atoms with Crippen LogP contribution < -0.4 is 5.32 Å². The Bertz CT molecular complexity index is 735.